The molecule has 2 heterocycles. The van der Waals surface area contributed by atoms with Crippen molar-refractivity contribution in [1.29, 1.82) is 0 Å². The van der Waals surface area contributed by atoms with Gasteiger partial charge in [0, 0.05) is 26.1 Å². The molecule has 0 atom stereocenters. The summed E-state index contributed by atoms with van der Waals surface area (Å²) in [6, 6.07) is 5.61. The van der Waals surface area contributed by atoms with E-state index in [1.54, 1.807) is 18.5 Å². The molecule has 2 aromatic heterocycles. The number of pyridine rings is 1. The Morgan fingerprint density at radius 3 is 2.67 bits per heavy atom. The first-order valence-corrected chi connectivity index (χ1v) is 5.79. The fourth-order valence-electron chi connectivity index (χ4n) is 1.74. The van der Waals surface area contributed by atoms with Gasteiger partial charge in [-0.3, -0.25) is 9.78 Å². The van der Waals surface area contributed by atoms with E-state index in [1.807, 2.05) is 26.1 Å². The number of anilines is 1. The normalized spacial score (nSPS) is 10.4. The standard InChI is InChI=1S/C14H16N2O2/c1-10(17)14-5-4-13(8-15-14)16(3)9-12-6-7-18-11(12)2/h4-8H,9H2,1-3H3. The maximum atomic E-state index is 11.1. The van der Waals surface area contributed by atoms with Crippen molar-refractivity contribution in [1.82, 2.24) is 4.98 Å². The van der Waals surface area contributed by atoms with Gasteiger partial charge in [0.05, 0.1) is 18.1 Å². The number of furan rings is 1. The molecular weight excluding hydrogens is 228 g/mol. The van der Waals surface area contributed by atoms with E-state index in [1.165, 1.54) is 6.92 Å². The minimum absolute atomic E-state index is 0.0186. The first-order valence-electron chi connectivity index (χ1n) is 5.79. The summed E-state index contributed by atoms with van der Waals surface area (Å²) >= 11 is 0. The van der Waals surface area contributed by atoms with Gasteiger partial charge < -0.3 is 9.32 Å². The van der Waals surface area contributed by atoms with E-state index >= 15 is 0 Å². The molecule has 0 unspecified atom stereocenters. The predicted octanol–water partition coefficient (Wildman–Crippen LogP) is 2.82. The molecular formula is C14H16N2O2. The number of nitrogens with zero attached hydrogens (tertiary/aromatic N) is 2. The molecule has 4 nitrogen and oxygen atoms in total. The van der Waals surface area contributed by atoms with Crippen LogP contribution in [0.15, 0.2) is 35.1 Å². The van der Waals surface area contributed by atoms with Crippen LogP contribution in [0.5, 0.6) is 0 Å². The molecule has 0 aliphatic carbocycles. The first-order chi connectivity index (χ1) is 8.58. The van der Waals surface area contributed by atoms with E-state index in [2.05, 4.69) is 9.88 Å². The third-order valence-corrected chi connectivity index (χ3v) is 2.92. The highest BCUT2D eigenvalue weighted by molar-refractivity contribution is 5.92. The van der Waals surface area contributed by atoms with Gasteiger partial charge in [-0.05, 0) is 25.1 Å². The van der Waals surface area contributed by atoms with Crippen LogP contribution in [0.1, 0.15) is 28.7 Å². The largest absolute Gasteiger partial charge is 0.469 e. The third kappa shape index (κ3) is 2.59. The van der Waals surface area contributed by atoms with Gasteiger partial charge in [0.15, 0.2) is 5.78 Å². The number of aromatic nitrogens is 1. The van der Waals surface area contributed by atoms with E-state index in [0.29, 0.717) is 5.69 Å². The molecule has 0 amide bonds. The second-order valence-electron chi connectivity index (χ2n) is 4.32. The summed E-state index contributed by atoms with van der Waals surface area (Å²) in [5, 5.41) is 0. The van der Waals surface area contributed by atoms with Crippen molar-refractivity contribution in [2.45, 2.75) is 20.4 Å². The minimum atomic E-state index is -0.0186. The molecule has 94 valence electrons. The number of Topliss-reactive ketones (excluding diaryl/α,β-unsaturated/α-hetero) is 1. The average Bonchev–Trinajstić information content (AvgIpc) is 2.75. The van der Waals surface area contributed by atoms with Crippen molar-refractivity contribution in [3.63, 3.8) is 0 Å². The number of carbonyl (C=O) groups is 1. The average molecular weight is 244 g/mol. The highest BCUT2D eigenvalue weighted by Crippen LogP contribution is 2.17. The Labute approximate surface area is 106 Å². The first kappa shape index (κ1) is 12.4. The lowest BCUT2D eigenvalue weighted by molar-refractivity contribution is 0.101. The summed E-state index contributed by atoms with van der Waals surface area (Å²) in [7, 11) is 1.98. The van der Waals surface area contributed by atoms with Crippen molar-refractivity contribution >= 4 is 11.5 Å². The zero-order chi connectivity index (χ0) is 13.1. The van der Waals surface area contributed by atoms with Crippen LogP contribution >= 0.6 is 0 Å². The number of aryl methyl sites for hydroxylation is 1. The van der Waals surface area contributed by atoms with Crippen molar-refractivity contribution in [3.05, 3.63) is 47.7 Å². The molecule has 0 spiro atoms. The molecule has 4 heteroatoms. The maximum Gasteiger partial charge on any atom is 0.178 e. The summed E-state index contributed by atoms with van der Waals surface area (Å²) in [5.41, 5.74) is 2.61. The summed E-state index contributed by atoms with van der Waals surface area (Å²) in [6.45, 7) is 4.21. The van der Waals surface area contributed by atoms with Crippen LogP contribution in [0.2, 0.25) is 0 Å². The number of rotatable bonds is 4. The lowest BCUT2D eigenvalue weighted by Crippen LogP contribution is -2.17. The molecule has 0 saturated carbocycles. The van der Waals surface area contributed by atoms with E-state index in [9.17, 15) is 4.79 Å². The van der Waals surface area contributed by atoms with Crippen LogP contribution in [-0.2, 0) is 6.54 Å². The molecule has 2 aromatic rings. The second kappa shape index (κ2) is 5.04. The molecule has 0 N–H and O–H groups in total. The number of ketones is 1. The van der Waals surface area contributed by atoms with Gasteiger partial charge in [0.25, 0.3) is 0 Å². The molecule has 2 rings (SSSR count). The van der Waals surface area contributed by atoms with Gasteiger partial charge in [-0.1, -0.05) is 0 Å². The maximum absolute atomic E-state index is 11.1. The van der Waals surface area contributed by atoms with Gasteiger partial charge in [-0.2, -0.15) is 0 Å². The zero-order valence-electron chi connectivity index (χ0n) is 10.8. The number of hydrogen-bond acceptors (Lipinski definition) is 4. The van der Waals surface area contributed by atoms with Gasteiger partial charge in [-0.15, -0.1) is 0 Å². The topological polar surface area (TPSA) is 46.3 Å². The molecule has 0 aromatic carbocycles. The fraction of sp³-hybridized carbons (Fsp3) is 0.286. The van der Waals surface area contributed by atoms with Gasteiger partial charge in [0.2, 0.25) is 0 Å². The minimum Gasteiger partial charge on any atom is -0.469 e. The Bertz CT molecular complexity index is 543. The highest BCUT2D eigenvalue weighted by Gasteiger charge is 2.07. The molecule has 0 aliphatic rings. The Morgan fingerprint density at radius 2 is 2.17 bits per heavy atom. The van der Waals surface area contributed by atoms with Crippen LogP contribution in [0.25, 0.3) is 0 Å². The van der Waals surface area contributed by atoms with Crippen LogP contribution < -0.4 is 4.90 Å². The summed E-state index contributed by atoms with van der Waals surface area (Å²) < 4.78 is 5.26. The lowest BCUT2D eigenvalue weighted by Gasteiger charge is -2.18. The highest BCUT2D eigenvalue weighted by atomic mass is 16.3. The molecule has 0 fully saturated rings. The second-order valence-corrected chi connectivity index (χ2v) is 4.32. The SMILES string of the molecule is CC(=O)c1ccc(N(C)Cc2ccoc2C)cn1. The Morgan fingerprint density at radius 1 is 1.39 bits per heavy atom. The van der Waals surface area contributed by atoms with E-state index < -0.39 is 0 Å². The molecule has 18 heavy (non-hydrogen) atoms. The quantitative estimate of drug-likeness (QED) is 0.776. The smallest absolute Gasteiger partial charge is 0.178 e. The van der Waals surface area contributed by atoms with E-state index in [-0.39, 0.29) is 5.78 Å². The van der Waals surface area contributed by atoms with Crippen molar-refractivity contribution in [3.8, 4) is 0 Å². The molecule has 0 bridgehead atoms. The van der Waals surface area contributed by atoms with Crippen molar-refractivity contribution < 1.29 is 9.21 Å². The lowest BCUT2D eigenvalue weighted by atomic mass is 10.2. The Kier molecular flexibility index (Phi) is 3.46. The van der Waals surface area contributed by atoms with Gasteiger partial charge in [-0.25, -0.2) is 0 Å². The fourth-order valence-corrected chi connectivity index (χ4v) is 1.74. The van der Waals surface area contributed by atoms with Crippen LogP contribution in [0.3, 0.4) is 0 Å². The molecule has 0 radical (unpaired) electrons. The van der Waals surface area contributed by atoms with Crippen LogP contribution in [-0.4, -0.2) is 17.8 Å². The predicted molar refractivity (Wildman–Crippen MR) is 69.8 cm³/mol. The third-order valence-electron chi connectivity index (χ3n) is 2.92. The number of carbonyl (C=O) groups excluding carboxylic acids is 1. The van der Waals surface area contributed by atoms with E-state index in [0.717, 1.165) is 23.6 Å². The van der Waals surface area contributed by atoms with Crippen molar-refractivity contribution in [2.75, 3.05) is 11.9 Å². The number of hydrogen-bond donors (Lipinski definition) is 0. The summed E-state index contributed by atoms with van der Waals surface area (Å²) in [5.74, 6) is 0.907. The van der Waals surface area contributed by atoms with E-state index in [4.69, 9.17) is 4.42 Å². The Hall–Kier alpha value is -2.10. The molecule has 0 saturated heterocycles. The van der Waals surface area contributed by atoms with Gasteiger partial charge in [0.1, 0.15) is 11.5 Å². The zero-order valence-corrected chi connectivity index (χ0v) is 10.8. The van der Waals surface area contributed by atoms with Gasteiger partial charge >= 0.3 is 0 Å². The monoisotopic (exact) mass is 244 g/mol. The summed E-state index contributed by atoms with van der Waals surface area (Å²) in [6.07, 6.45) is 3.40. The molecule has 0 aliphatic heterocycles. The van der Waals surface area contributed by atoms with Crippen LogP contribution in [0, 0.1) is 6.92 Å². The Balaban J connectivity index is 2.12. The van der Waals surface area contributed by atoms with Crippen molar-refractivity contribution in [2.24, 2.45) is 0 Å². The van der Waals surface area contributed by atoms with Crippen LogP contribution in [0.4, 0.5) is 5.69 Å². The summed E-state index contributed by atoms with van der Waals surface area (Å²) in [4.78, 5) is 17.3.